The lowest BCUT2D eigenvalue weighted by atomic mass is 9.96. The van der Waals surface area contributed by atoms with Crippen molar-refractivity contribution in [3.05, 3.63) is 63.6 Å². The number of fused-ring (bicyclic) bond motifs is 1. The van der Waals surface area contributed by atoms with Gasteiger partial charge >= 0.3 is 5.97 Å². The number of carboxylic acids is 1. The van der Waals surface area contributed by atoms with Crippen LogP contribution < -0.4 is 0 Å². The highest BCUT2D eigenvalue weighted by Crippen LogP contribution is 2.31. The Bertz CT molecular complexity index is 846. The Morgan fingerprint density at radius 1 is 1.23 bits per heavy atom. The first-order chi connectivity index (χ1) is 12.5. The average Bonchev–Trinajstić information content (AvgIpc) is 2.60. The smallest absolute Gasteiger partial charge is 0.329 e. The van der Waals surface area contributed by atoms with Gasteiger partial charge in [-0.3, -0.25) is 0 Å². The predicted octanol–water partition coefficient (Wildman–Crippen LogP) is 3.54. The van der Waals surface area contributed by atoms with Crippen molar-refractivity contribution in [3.8, 4) is 0 Å². The van der Waals surface area contributed by atoms with E-state index in [9.17, 15) is 9.00 Å². The topological polar surface area (TPSA) is 66.8 Å². The molecule has 1 aliphatic heterocycles. The molecule has 0 saturated carbocycles. The first-order valence-electron chi connectivity index (χ1n) is 7.95. The van der Waals surface area contributed by atoms with Crippen LogP contribution in [0.5, 0.6) is 0 Å². The molecule has 0 saturated heterocycles. The van der Waals surface area contributed by atoms with E-state index in [0.717, 1.165) is 11.1 Å². The molecule has 1 N–H and O–H groups in total. The fourth-order valence-corrected chi connectivity index (χ4v) is 4.86. The molecule has 0 spiro atoms. The van der Waals surface area contributed by atoms with Crippen molar-refractivity contribution in [2.75, 3.05) is 13.2 Å². The summed E-state index contributed by atoms with van der Waals surface area (Å²) in [4.78, 5) is 11.2. The van der Waals surface area contributed by atoms with Crippen LogP contribution in [0.3, 0.4) is 0 Å². The predicted molar refractivity (Wildman–Crippen MR) is 101 cm³/mol. The second-order valence-electron chi connectivity index (χ2n) is 5.93. The molecular weight excluding hydrogens is 397 g/mol. The molecule has 2 atom stereocenters. The minimum atomic E-state index is -1.53. The summed E-state index contributed by atoms with van der Waals surface area (Å²) in [5.41, 5.74) is 2.23. The summed E-state index contributed by atoms with van der Waals surface area (Å²) >= 11 is 12.2. The number of rotatable bonds is 6. The Morgan fingerprint density at radius 3 is 2.65 bits per heavy atom. The molecule has 5 nitrogen and oxygen atoms in total. The number of benzene rings is 2. The highest BCUT2D eigenvalue weighted by molar-refractivity contribution is 7.82. The van der Waals surface area contributed by atoms with Crippen LogP contribution in [-0.2, 0) is 33.5 Å². The third-order valence-electron chi connectivity index (χ3n) is 4.14. The second kappa shape index (κ2) is 8.50. The van der Waals surface area contributed by atoms with Crippen LogP contribution in [0.25, 0.3) is 0 Å². The number of aliphatic carboxylic acids is 1. The highest BCUT2D eigenvalue weighted by Gasteiger charge is 2.31. The van der Waals surface area contributed by atoms with Gasteiger partial charge in [-0.2, -0.15) is 0 Å². The van der Waals surface area contributed by atoms with Gasteiger partial charge in [-0.15, -0.1) is 0 Å². The van der Waals surface area contributed by atoms with Gasteiger partial charge in [0.2, 0.25) is 0 Å². The number of hydrogen-bond acceptors (Lipinski definition) is 3. The van der Waals surface area contributed by atoms with Crippen molar-refractivity contribution in [3.63, 3.8) is 0 Å². The molecule has 3 rings (SSSR count). The SMILES string of the molecule is O=C(O)COCC1Cc2ccccc2CN1S(=O)c1ccc(Cl)cc1Cl. The molecule has 0 aliphatic carbocycles. The summed E-state index contributed by atoms with van der Waals surface area (Å²) in [6.45, 7) is 0.237. The Kier molecular flexibility index (Phi) is 6.32. The van der Waals surface area contributed by atoms with Gasteiger partial charge in [0.1, 0.15) is 17.6 Å². The molecule has 2 aromatic rings. The Morgan fingerprint density at radius 2 is 1.96 bits per heavy atom. The zero-order chi connectivity index (χ0) is 18.7. The minimum Gasteiger partial charge on any atom is -0.480 e. The number of hydrogen-bond donors (Lipinski definition) is 1. The van der Waals surface area contributed by atoms with Gasteiger partial charge in [-0.05, 0) is 35.7 Å². The summed E-state index contributed by atoms with van der Waals surface area (Å²) in [6.07, 6.45) is 0.618. The van der Waals surface area contributed by atoms with E-state index in [0.29, 0.717) is 27.9 Å². The summed E-state index contributed by atoms with van der Waals surface area (Å²) in [5, 5.41) is 9.59. The van der Waals surface area contributed by atoms with E-state index < -0.39 is 17.0 Å². The summed E-state index contributed by atoms with van der Waals surface area (Å²) in [7, 11) is -1.53. The zero-order valence-corrected chi connectivity index (χ0v) is 16.1. The maximum atomic E-state index is 13.2. The molecular formula is C18H17Cl2NO4S. The van der Waals surface area contributed by atoms with Crippen molar-refractivity contribution in [2.45, 2.75) is 23.9 Å². The lowest BCUT2D eigenvalue weighted by Gasteiger charge is -2.35. The van der Waals surface area contributed by atoms with Crippen molar-refractivity contribution in [1.29, 1.82) is 0 Å². The number of carbonyl (C=O) groups is 1. The minimum absolute atomic E-state index is 0.164. The quantitative estimate of drug-likeness (QED) is 0.785. The largest absolute Gasteiger partial charge is 0.480 e. The molecule has 2 unspecified atom stereocenters. The Labute approximate surface area is 164 Å². The van der Waals surface area contributed by atoms with Crippen LogP contribution in [0.2, 0.25) is 10.0 Å². The molecule has 2 aromatic carbocycles. The molecule has 0 bridgehead atoms. The van der Waals surface area contributed by atoms with Crippen LogP contribution in [0.4, 0.5) is 0 Å². The first-order valence-corrected chi connectivity index (χ1v) is 9.82. The number of halogens is 2. The molecule has 0 radical (unpaired) electrons. The van der Waals surface area contributed by atoms with E-state index in [-0.39, 0.29) is 19.3 Å². The molecule has 8 heteroatoms. The van der Waals surface area contributed by atoms with E-state index in [4.69, 9.17) is 33.0 Å². The van der Waals surface area contributed by atoms with Crippen LogP contribution in [0, 0.1) is 0 Å². The van der Waals surface area contributed by atoms with E-state index in [1.165, 1.54) is 0 Å². The summed E-state index contributed by atoms with van der Waals surface area (Å²) in [6, 6.07) is 12.5. The van der Waals surface area contributed by atoms with E-state index >= 15 is 0 Å². The monoisotopic (exact) mass is 413 g/mol. The van der Waals surface area contributed by atoms with Gasteiger partial charge in [0, 0.05) is 11.6 Å². The van der Waals surface area contributed by atoms with Gasteiger partial charge in [-0.1, -0.05) is 47.5 Å². The van der Waals surface area contributed by atoms with E-state index in [1.54, 1.807) is 22.5 Å². The van der Waals surface area contributed by atoms with E-state index in [2.05, 4.69) is 0 Å². The Balaban J connectivity index is 1.87. The molecule has 0 fully saturated rings. The number of carboxylic acid groups (broad SMARTS) is 1. The number of ether oxygens (including phenoxy) is 1. The fraction of sp³-hybridized carbons (Fsp3) is 0.278. The molecule has 138 valence electrons. The van der Waals surface area contributed by atoms with Crippen molar-refractivity contribution in [2.24, 2.45) is 0 Å². The molecule has 0 amide bonds. The normalized spacial score (nSPS) is 18.3. The highest BCUT2D eigenvalue weighted by atomic mass is 35.5. The van der Waals surface area contributed by atoms with Crippen LogP contribution >= 0.6 is 23.2 Å². The van der Waals surface area contributed by atoms with Gasteiger partial charge in [0.05, 0.1) is 22.6 Å². The van der Waals surface area contributed by atoms with Gasteiger partial charge in [0.15, 0.2) is 0 Å². The molecule has 0 aromatic heterocycles. The standard InChI is InChI=1S/C18H17Cl2NO4S/c19-14-5-6-17(16(20)8-14)26(24)21-9-13-4-2-1-3-12(13)7-15(21)10-25-11-18(22)23/h1-6,8,15H,7,9-11H2,(H,22,23). The van der Waals surface area contributed by atoms with Crippen molar-refractivity contribution in [1.82, 2.24) is 4.31 Å². The maximum Gasteiger partial charge on any atom is 0.329 e. The average molecular weight is 414 g/mol. The maximum absolute atomic E-state index is 13.2. The summed E-state index contributed by atoms with van der Waals surface area (Å²) < 4.78 is 20.3. The fourth-order valence-electron chi connectivity index (χ4n) is 2.93. The van der Waals surface area contributed by atoms with Crippen molar-refractivity contribution < 1.29 is 18.8 Å². The lowest BCUT2D eigenvalue weighted by molar-refractivity contribution is -0.142. The third-order valence-corrected chi connectivity index (χ3v) is 6.38. The Hall–Kier alpha value is -1.44. The lowest BCUT2D eigenvalue weighted by Crippen LogP contribution is -2.44. The molecule has 1 heterocycles. The van der Waals surface area contributed by atoms with Gasteiger partial charge in [0.25, 0.3) is 0 Å². The second-order valence-corrected chi connectivity index (χ2v) is 8.19. The third kappa shape index (κ3) is 4.45. The summed E-state index contributed by atoms with van der Waals surface area (Å²) in [5.74, 6) is -1.03. The van der Waals surface area contributed by atoms with Gasteiger partial charge < -0.3 is 9.84 Å². The first kappa shape index (κ1) is 19.3. The van der Waals surface area contributed by atoms with Gasteiger partial charge in [-0.25, -0.2) is 13.3 Å². The zero-order valence-electron chi connectivity index (χ0n) is 13.7. The van der Waals surface area contributed by atoms with Crippen LogP contribution in [0.1, 0.15) is 11.1 Å². The van der Waals surface area contributed by atoms with Crippen LogP contribution in [0.15, 0.2) is 47.4 Å². The number of nitrogens with zero attached hydrogens (tertiary/aromatic N) is 1. The van der Waals surface area contributed by atoms with Crippen LogP contribution in [-0.4, -0.2) is 38.8 Å². The molecule has 1 aliphatic rings. The van der Waals surface area contributed by atoms with E-state index in [1.807, 2.05) is 24.3 Å². The van der Waals surface area contributed by atoms with Crippen molar-refractivity contribution >= 4 is 40.2 Å². The molecule has 26 heavy (non-hydrogen) atoms.